The van der Waals surface area contributed by atoms with E-state index in [1.54, 1.807) is 22.7 Å². The molecule has 0 amide bonds. The molecule has 0 bridgehead atoms. The molecule has 35 heavy (non-hydrogen) atoms. The minimum atomic E-state index is -0.0188. The minimum Gasteiger partial charge on any atom is -0.355 e. The summed E-state index contributed by atoms with van der Waals surface area (Å²) in [6.45, 7) is 5.84. The normalized spacial score (nSPS) is 21.5. The van der Waals surface area contributed by atoms with Gasteiger partial charge in [-0.2, -0.15) is 0 Å². The number of thiophene rings is 1. The molecule has 4 aromatic rings. The first-order valence-electron chi connectivity index (χ1n) is 12.4. The number of rotatable bonds is 7. The van der Waals surface area contributed by atoms with Crippen molar-refractivity contribution in [2.75, 3.05) is 31.6 Å². The van der Waals surface area contributed by atoms with E-state index in [2.05, 4.69) is 63.5 Å². The smallest absolute Gasteiger partial charge is 0.157 e. The van der Waals surface area contributed by atoms with E-state index in [0.29, 0.717) is 12.6 Å². The van der Waals surface area contributed by atoms with E-state index >= 15 is 0 Å². The molecule has 2 aliphatic heterocycles. The molecule has 0 spiro atoms. The molecule has 0 radical (unpaired) electrons. The second-order valence-electron chi connectivity index (χ2n) is 9.17. The van der Waals surface area contributed by atoms with E-state index in [9.17, 15) is 0 Å². The SMILES string of the molecule is CC1C(c2cc3c(Nc4ccc5scnc5c4)ccnc3s2)=CCCN1CCOC1CCCCO1. The summed E-state index contributed by atoms with van der Waals surface area (Å²) < 4.78 is 12.9. The van der Waals surface area contributed by atoms with Crippen LogP contribution in [0.25, 0.3) is 26.0 Å². The molecule has 5 heterocycles. The first kappa shape index (κ1) is 23.1. The number of aromatic nitrogens is 2. The first-order chi connectivity index (χ1) is 17.2. The summed E-state index contributed by atoms with van der Waals surface area (Å²) >= 11 is 3.44. The van der Waals surface area contributed by atoms with Crippen LogP contribution in [0.1, 0.15) is 37.5 Å². The molecule has 2 unspecified atom stereocenters. The third-order valence-electron chi connectivity index (χ3n) is 6.93. The largest absolute Gasteiger partial charge is 0.355 e. The number of ether oxygens (including phenoxy) is 2. The van der Waals surface area contributed by atoms with Crippen molar-refractivity contribution in [2.24, 2.45) is 0 Å². The standard InChI is InChI=1S/C27H30N4O2S2/c1-18-20(5-4-11-31(18)12-14-33-26-6-2-3-13-32-26)25-16-21-22(9-10-28-27(21)35-25)30-19-7-8-24-23(15-19)29-17-34-24/h5,7-10,15-18,26H,2-4,6,11-14H2,1H3,(H,28,30). The lowest BCUT2D eigenvalue weighted by atomic mass is 9.99. The summed E-state index contributed by atoms with van der Waals surface area (Å²) in [5.74, 6) is 0. The minimum absolute atomic E-state index is 0.0188. The summed E-state index contributed by atoms with van der Waals surface area (Å²) in [4.78, 5) is 14.0. The fourth-order valence-corrected chi connectivity index (χ4v) is 6.79. The van der Waals surface area contributed by atoms with Gasteiger partial charge in [-0.25, -0.2) is 9.97 Å². The fourth-order valence-electron chi connectivity index (χ4n) is 4.98. The summed E-state index contributed by atoms with van der Waals surface area (Å²) in [6, 6.07) is 11.0. The Morgan fingerprint density at radius 1 is 1.20 bits per heavy atom. The number of pyridine rings is 1. The van der Waals surface area contributed by atoms with Gasteiger partial charge in [0.05, 0.1) is 28.0 Å². The molecule has 182 valence electrons. The van der Waals surface area contributed by atoms with Gasteiger partial charge in [0.15, 0.2) is 6.29 Å². The number of nitrogens with one attached hydrogen (secondary N) is 1. The van der Waals surface area contributed by atoms with Crippen LogP contribution in [0.2, 0.25) is 0 Å². The summed E-state index contributed by atoms with van der Waals surface area (Å²) in [6.07, 6.45) is 8.70. The highest BCUT2D eigenvalue weighted by atomic mass is 32.1. The van der Waals surface area contributed by atoms with Gasteiger partial charge in [0.25, 0.3) is 0 Å². The van der Waals surface area contributed by atoms with Crippen LogP contribution in [0.5, 0.6) is 0 Å². The van der Waals surface area contributed by atoms with Gasteiger partial charge in [-0.15, -0.1) is 22.7 Å². The van der Waals surface area contributed by atoms with E-state index in [-0.39, 0.29) is 6.29 Å². The second kappa shape index (κ2) is 10.3. The van der Waals surface area contributed by atoms with Crippen molar-refractivity contribution in [3.05, 3.63) is 53.0 Å². The van der Waals surface area contributed by atoms with Crippen molar-refractivity contribution in [3.63, 3.8) is 0 Å². The van der Waals surface area contributed by atoms with E-state index in [1.165, 1.54) is 21.6 Å². The van der Waals surface area contributed by atoms with Crippen LogP contribution >= 0.6 is 22.7 Å². The third-order valence-corrected chi connectivity index (χ3v) is 8.83. The Morgan fingerprint density at radius 3 is 3.09 bits per heavy atom. The molecule has 0 aliphatic carbocycles. The van der Waals surface area contributed by atoms with Gasteiger partial charge >= 0.3 is 0 Å². The molecular weight excluding hydrogens is 476 g/mol. The van der Waals surface area contributed by atoms with Gasteiger partial charge in [-0.05, 0) is 68.5 Å². The highest BCUT2D eigenvalue weighted by molar-refractivity contribution is 7.19. The van der Waals surface area contributed by atoms with Crippen molar-refractivity contribution in [2.45, 2.75) is 44.9 Å². The van der Waals surface area contributed by atoms with Crippen LogP contribution in [-0.2, 0) is 9.47 Å². The van der Waals surface area contributed by atoms with Gasteiger partial charge in [-0.1, -0.05) is 6.08 Å². The van der Waals surface area contributed by atoms with Gasteiger partial charge in [0, 0.05) is 47.9 Å². The van der Waals surface area contributed by atoms with Crippen LogP contribution < -0.4 is 5.32 Å². The monoisotopic (exact) mass is 506 g/mol. The highest BCUT2D eigenvalue weighted by Crippen LogP contribution is 2.38. The Kier molecular flexibility index (Phi) is 6.80. The lowest BCUT2D eigenvalue weighted by Gasteiger charge is -2.34. The van der Waals surface area contributed by atoms with Gasteiger partial charge in [0.2, 0.25) is 0 Å². The number of anilines is 2. The van der Waals surface area contributed by atoms with Gasteiger partial charge < -0.3 is 14.8 Å². The number of thiazole rings is 1. The molecule has 2 atom stereocenters. The Labute approximate surface area is 213 Å². The first-order valence-corrected chi connectivity index (χ1v) is 14.1. The van der Waals surface area contributed by atoms with Crippen molar-refractivity contribution in [1.29, 1.82) is 0 Å². The maximum Gasteiger partial charge on any atom is 0.157 e. The number of nitrogens with zero attached hydrogens (tertiary/aromatic N) is 3. The Morgan fingerprint density at radius 2 is 2.17 bits per heavy atom. The predicted octanol–water partition coefficient (Wildman–Crippen LogP) is 6.67. The Balaban J connectivity index is 1.17. The molecule has 8 heteroatoms. The fraction of sp³-hybridized carbons (Fsp3) is 0.407. The average Bonchev–Trinajstić information content (AvgIpc) is 3.53. The van der Waals surface area contributed by atoms with Crippen molar-refractivity contribution < 1.29 is 9.47 Å². The quantitative estimate of drug-likeness (QED) is 0.302. The van der Waals surface area contributed by atoms with Crippen molar-refractivity contribution >= 4 is 60.1 Å². The number of hydrogen-bond donors (Lipinski definition) is 1. The number of benzene rings is 1. The van der Waals surface area contributed by atoms with Crippen LogP contribution in [0.3, 0.4) is 0 Å². The molecule has 6 rings (SSSR count). The van der Waals surface area contributed by atoms with Crippen LogP contribution in [0.4, 0.5) is 11.4 Å². The summed E-state index contributed by atoms with van der Waals surface area (Å²) in [5, 5.41) is 4.76. The van der Waals surface area contributed by atoms with Gasteiger partial charge in [0.1, 0.15) is 4.83 Å². The zero-order valence-electron chi connectivity index (χ0n) is 19.9. The lowest BCUT2D eigenvalue weighted by Crippen LogP contribution is -2.40. The van der Waals surface area contributed by atoms with E-state index < -0.39 is 0 Å². The van der Waals surface area contributed by atoms with E-state index in [4.69, 9.17) is 9.47 Å². The van der Waals surface area contributed by atoms with Crippen LogP contribution in [0.15, 0.2) is 48.1 Å². The maximum atomic E-state index is 6.01. The molecule has 1 fully saturated rings. The molecule has 3 aromatic heterocycles. The summed E-state index contributed by atoms with van der Waals surface area (Å²) in [5.41, 5.74) is 6.43. The molecule has 1 aromatic carbocycles. The van der Waals surface area contributed by atoms with Crippen molar-refractivity contribution in [1.82, 2.24) is 14.9 Å². The van der Waals surface area contributed by atoms with Crippen LogP contribution in [-0.4, -0.2) is 53.5 Å². The lowest BCUT2D eigenvalue weighted by molar-refractivity contribution is -0.164. The number of fused-ring (bicyclic) bond motifs is 2. The third kappa shape index (κ3) is 4.99. The Hall–Kier alpha value is -2.36. The second-order valence-corrected chi connectivity index (χ2v) is 11.1. The van der Waals surface area contributed by atoms with E-state index in [1.807, 2.05) is 11.7 Å². The van der Waals surface area contributed by atoms with Gasteiger partial charge in [-0.3, -0.25) is 4.90 Å². The predicted molar refractivity (Wildman–Crippen MR) is 146 cm³/mol. The zero-order valence-corrected chi connectivity index (χ0v) is 21.5. The maximum absolute atomic E-state index is 6.01. The highest BCUT2D eigenvalue weighted by Gasteiger charge is 2.25. The zero-order chi connectivity index (χ0) is 23.6. The van der Waals surface area contributed by atoms with Crippen LogP contribution in [0, 0.1) is 0 Å². The van der Waals surface area contributed by atoms with E-state index in [0.717, 1.165) is 66.1 Å². The topological polar surface area (TPSA) is 59.5 Å². The summed E-state index contributed by atoms with van der Waals surface area (Å²) in [7, 11) is 0. The Bertz CT molecular complexity index is 1340. The molecule has 6 nitrogen and oxygen atoms in total. The van der Waals surface area contributed by atoms with Crippen molar-refractivity contribution in [3.8, 4) is 0 Å². The molecule has 0 saturated carbocycles. The molecule has 1 N–H and O–H groups in total. The number of hydrogen-bond acceptors (Lipinski definition) is 8. The molecular formula is C27H30N4O2S2. The average molecular weight is 507 g/mol. The molecule has 2 aliphatic rings. The molecule has 1 saturated heterocycles.